The molecule has 0 aromatic heterocycles. The summed E-state index contributed by atoms with van der Waals surface area (Å²) in [6.07, 6.45) is 0. The maximum absolute atomic E-state index is 7.91. The zero-order chi connectivity index (χ0) is 6.99. The molecule has 0 saturated carbocycles. The van der Waals surface area contributed by atoms with Crippen molar-refractivity contribution in [3.63, 3.8) is 0 Å². The van der Waals surface area contributed by atoms with Gasteiger partial charge in [-0.2, -0.15) is 0 Å². The van der Waals surface area contributed by atoms with Crippen LogP contribution >= 0.6 is 37.5 Å². The van der Waals surface area contributed by atoms with Crippen LogP contribution in [0.15, 0.2) is 0 Å². The summed E-state index contributed by atoms with van der Waals surface area (Å²) in [6, 6.07) is 0. The van der Waals surface area contributed by atoms with Gasteiger partial charge in [-0.05, 0) is 0 Å². The zero-order valence-corrected chi connectivity index (χ0v) is 9.27. The Morgan fingerprint density at radius 1 is 1.62 bits per heavy atom. The van der Waals surface area contributed by atoms with Crippen molar-refractivity contribution in [3.05, 3.63) is 0 Å². The molecule has 0 amide bonds. The van der Waals surface area contributed by atoms with Crippen LogP contribution in [-0.2, 0) is 0 Å². The Balaban J connectivity index is 0. The molecule has 0 aromatic rings. The quantitative estimate of drug-likeness (QED) is 0.312. The van der Waals surface area contributed by atoms with E-state index in [2.05, 4.69) is 37.5 Å². The Labute approximate surface area is 83.5 Å². The molecule has 0 heterocycles. The minimum absolute atomic E-state index is 0.381. The van der Waals surface area contributed by atoms with Crippen LogP contribution in [0.2, 0.25) is 3.67 Å². The maximum Gasteiger partial charge on any atom is 0.0976 e. The van der Waals surface area contributed by atoms with Gasteiger partial charge in [-0.3, -0.25) is 0 Å². The number of hydrogen-bond acceptors (Lipinski definition) is 2. The normalized spacial score (nSPS) is 7.12. The Morgan fingerprint density at radius 2 is 1.75 bits per heavy atom. The summed E-state index contributed by atoms with van der Waals surface area (Å²) in [6.45, 7) is 0.381. The number of hydrogen-bond donors (Lipinski definition) is 3. The fourth-order valence-corrected chi connectivity index (χ4v) is 0. The van der Waals surface area contributed by atoms with Crippen LogP contribution in [0, 0.1) is 0 Å². The molecule has 0 unspecified atom stereocenters. The number of aliphatic hydroxyl groups excluding tert-OH is 1. The predicted octanol–water partition coefficient (Wildman–Crippen LogP) is 0.696. The first-order valence-electron chi connectivity index (χ1n) is 2.17. The molecule has 5 heteroatoms. The summed E-state index contributed by atoms with van der Waals surface area (Å²) >= 11 is 12.5. The van der Waals surface area contributed by atoms with Crippen molar-refractivity contribution in [2.75, 3.05) is 6.61 Å². The molecule has 44 valence electrons. The van der Waals surface area contributed by atoms with Gasteiger partial charge in [-0.25, -0.2) is 0 Å². The van der Waals surface area contributed by atoms with Gasteiger partial charge in [0.2, 0.25) is 0 Å². The van der Waals surface area contributed by atoms with E-state index in [4.69, 9.17) is 5.11 Å². The molecule has 8 heavy (non-hydrogen) atoms. The van der Waals surface area contributed by atoms with Gasteiger partial charge in [-0.1, -0.05) is 12.2 Å². The molecule has 1 nitrogen and oxygen atoms in total. The van der Waals surface area contributed by atoms with E-state index in [1.807, 2.05) is 0 Å². The molecule has 0 spiro atoms. The summed E-state index contributed by atoms with van der Waals surface area (Å²) in [7, 11) is 0. The standard InChI is InChI=1S/C2H5O.CH2S3.Na/c1-2-3;2-1(3)4;/h3H,1-2H2;(H2,2,3,4);. The first kappa shape index (κ1) is 12.4. The number of rotatable bonds is 1. The van der Waals surface area contributed by atoms with Gasteiger partial charge in [0.15, 0.2) is 0 Å². The molecule has 0 fully saturated rings. The van der Waals surface area contributed by atoms with Gasteiger partial charge < -0.3 is 0 Å². The monoisotopic (exact) mass is 178 g/mol. The molecule has 0 radical (unpaired) electrons. The van der Waals surface area contributed by atoms with E-state index in [1.165, 1.54) is 0 Å². The summed E-state index contributed by atoms with van der Waals surface area (Å²) in [5.41, 5.74) is 0. The molecule has 0 atom stereocenters. The molecule has 0 aromatic carbocycles. The molecular weight excluding hydrogens is 171 g/mol. The van der Waals surface area contributed by atoms with Gasteiger partial charge >= 0.3 is 43.3 Å². The third-order valence-electron chi connectivity index (χ3n) is 0.224. The third-order valence-corrected chi connectivity index (χ3v) is 0.671. The largest absolute Gasteiger partial charge is 0.125 e. The molecule has 0 bridgehead atoms. The molecule has 0 rings (SSSR count). The van der Waals surface area contributed by atoms with Crippen LogP contribution < -0.4 is 0 Å². The van der Waals surface area contributed by atoms with Crippen molar-refractivity contribution in [3.8, 4) is 0 Å². The summed E-state index contributed by atoms with van der Waals surface area (Å²) in [4.78, 5) is 0. The van der Waals surface area contributed by atoms with Gasteiger partial charge in [0, 0.05) is 0 Å². The molecule has 0 aliphatic heterocycles. The van der Waals surface area contributed by atoms with Crippen molar-refractivity contribution >= 4 is 68.9 Å². The smallest absolute Gasteiger partial charge is 0.0976 e. The summed E-state index contributed by atoms with van der Waals surface area (Å²) < 4.78 is 1.40. The van der Waals surface area contributed by atoms with E-state index in [-0.39, 0.29) is 0 Å². The van der Waals surface area contributed by atoms with Crippen molar-refractivity contribution in [2.45, 2.75) is 3.67 Å². The van der Waals surface area contributed by atoms with E-state index in [1.54, 1.807) is 0 Å². The third kappa shape index (κ3) is 46.7. The van der Waals surface area contributed by atoms with Crippen LogP contribution in [0.3, 0.4) is 0 Å². The maximum atomic E-state index is 7.91. The summed E-state index contributed by atoms with van der Waals surface area (Å²) in [5, 5.41) is 7.91. The average Bonchev–Trinajstić information content (AvgIpc) is 1.65. The van der Waals surface area contributed by atoms with Crippen LogP contribution in [0.1, 0.15) is 0 Å². The van der Waals surface area contributed by atoms with Crippen LogP contribution in [-0.4, -0.2) is 43.2 Å². The fourth-order valence-electron chi connectivity index (χ4n) is 0. The van der Waals surface area contributed by atoms with Gasteiger partial charge in [-0.15, -0.1) is 25.3 Å². The van der Waals surface area contributed by atoms with Crippen LogP contribution in [0.25, 0.3) is 0 Å². The number of thiocarbonyl (C=S) groups is 1. The minimum atomic E-state index is 0.381. The van der Waals surface area contributed by atoms with E-state index in [0.29, 0.717) is 10.1 Å². The average molecular weight is 178 g/mol. The second kappa shape index (κ2) is 11.5. The predicted molar refractivity (Wildman–Crippen MR) is 48.2 cm³/mol. The van der Waals surface area contributed by atoms with Gasteiger partial charge in [0.1, 0.15) is 0 Å². The number of aliphatic hydroxyl groups is 1. The Kier molecular flexibility index (Phi) is 17.9. The van der Waals surface area contributed by atoms with Crippen molar-refractivity contribution < 1.29 is 5.11 Å². The van der Waals surface area contributed by atoms with Crippen molar-refractivity contribution in [1.29, 1.82) is 0 Å². The van der Waals surface area contributed by atoms with Crippen LogP contribution in [0.4, 0.5) is 0 Å². The molecule has 1 N–H and O–H groups in total. The first-order valence-corrected chi connectivity index (χ1v) is 4.89. The second-order valence-electron chi connectivity index (χ2n) is 1.01. The Hall–Kier alpha value is 1.75. The van der Waals surface area contributed by atoms with Crippen molar-refractivity contribution in [1.82, 2.24) is 0 Å². The Bertz CT molecular complexity index is 52.5. The van der Waals surface area contributed by atoms with Crippen LogP contribution in [0.5, 0.6) is 0 Å². The van der Waals surface area contributed by atoms with E-state index in [9.17, 15) is 0 Å². The first-order chi connectivity index (χ1) is 3.65. The second-order valence-corrected chi connectivity index (χ2v) is 4.27. The van der Waals surface area contributed by atoms with Gasteiger partial charge in [0.05, 0.1) is 3.53 Å². The van der Waals surface area contributed by atoms with E-state index >= 15 is 0 Å². The van der Waals surface area contributed by atoms with Gasteiger partial charge in [0.25, 0.3) is 0 Å². The molecule has 0 aliphatic rings. The topological polar surface area (TPSA) is 20.2 Å². The van der Waals surface area contributed by atoms with E-state index in [0.717, 1.165) is 31.6 Å². The fraction of sp³-hybridized carbons (Fsp3) is 0.667. The molecular formula is C3H7NaOS3. The zero-order valence-electron chi connectivity index (χ0n) is 4.66. The SMILES string of the molecule is OC[CH2][Na].S=C(S)S. The minimum Gasteiger partial charge on any atom is -0.125 e. The number of thiol groups is 2. The van der Waals surface area contributed by atoms with Crippen molar-refractivity contribution in [2.24, 2.45) is 0 Å². The Morgan fingerprint density at radius 3 is 1.75 bits per heavy atom. The summed E-state index contributed by atoms with van der Waals surface area (Å²) in [5.74, 6) is 0. The molecule has 0 saturated heterocycles. The van der Waals surface area contributed by atoms with E-state index < -0.39 is 0 Å². The molecule has 0 aliphatic carbocycles.